The minimum absolute atomic E-state index is 0.151. The van der Waals surface area contributed by atoms with Gasteiger partial charge in [-0.25, -0.2) is 0 Å². The van der Waals surface area contributed by atoms with Crippen molar-refractivity contribution in [3.63, 3.8) is 0 Å². The largest absolute Gasteiger partial charge is 0.496 e. The molecule has 1 aromatic carbocycles. The van der Waals surface area contributed by atoms with Gasteiger partial charge in [0.2, 0.25) is 0 Å². The van der Waals surface area contributed by atoms with Crippen LogP contribution >= 0.6 is 0 Å². The first-order valence-electron chi connectivity index (χ1n) is 7.16. The fraction of sp³-hybridized carbons (Fsp3) is 0.625. The van der Waals surface area contributed by atoms with Crippen LogP contribution in [0.1, 0.15) is 30.9 Å². The highest BCUT2D eigenvalue weighted by Crippen LogP contribution is 2.62. The van der Waals surface area contributed by atoms with Crippen LogP contribution in [0.2, 0.25) is 0 Å². The lowest BCUT2D eigenvalue weighted by Gasteiger charge is -2.48. The highest BCUT2D eigenvalue weighted by Gasteiger charge is 2.62. The van der Waals surface area contributed by atoms with Gasteiger partial charge in [-0.3, -0.25) is 0 Å². The Morgan fingerprint density at radius 1 is 1.32 bits per heavy atom. The molecule has 3 heteroatoms. The molecule has 2 N–H and O–H groups in total. The number of ether oxygens (including phenoxy) is 2. The summed E-state index contributed by atoms with van der Waals surface area (Å²) in [6.07, 6.45) is 3.46. The first-order valence-corrected chi connectivity index (χ1v) is 7.16. The topological polar surface area (TPSA) is 44.5 Å². The number of hydrogen-bond acceptors (Lipinski definition) is 3. The van der Waals surface area contributed by atoms with Crippen LogP contribution in [0.4, 0.5) is 0 Å². The van der Waals surface area contributed by atoms with Crippen LogP contribution in [0.5, 0.6) is 5.75 Å². The van der Waals surface area contributed by atoms with E-state index < -0.39 is 0 Å². The monoisotopic (exact) mass is 261 g/mol. The number of rotatable bonds is 5. The summed E-state index contributed by atoms with van der Waals surface area (Å²) >= 11 is 0. The lowest BCUT2D eigenvalue weighted by Crippen LogP contribution is -2.56. The van der Waals surface area contributed by atoms with Crippen LogP contribution in [0.15, 0.2) is 18.2 Å². The first-order chi connectivity index (χ1) is 9.21. The molecule has 0 unspecified atom stereocenters. The van der Waals surface area contributed by atoms with Gasteiger partial charge in [0.15, 0.2) is 0 Å². The second-order valence-electron chi connectivity index (χ2n) is 5.94. The van der Waals surface area contributed by atoms with Crippen molar-refractivity contribution in [3.05, 3.63) is 29.3 Å². The van der Waals surface area contributed by atoms with Crippen molar-refractivity contribution < 1.29 is 9.47 Å². The van der Waals surface area contributed by atoms with E-state index in [-0.39, 0.29) is 10.8 Å². The fourth-order valence-corrected chi connectivity index (χ4v) is 3.47. The van der Waals surface area contributed by atoms with E-state index in [1.165, 1.54) is 24.0 Å². The Hall–Kier alpha value is -1.06. The molecular formula is C16H23NO2. The lowest BCUT2D eigenvalue weighted by molar-refractivity contribution is -0.0973. The Kier molecular flexibility index (Phi) is 3.06. The molecule has 104 valence electrons. The number of aryl methyl sites for hydroxylation is 1. The first kappa shape index (κ1) is 12.9. The maximum atomic E-state index is 6.05. The highest BCUT2D eigenvalue weighted by molar-refractivity contribution is 5.43. The summed E-state index contributed by atoms with van der Waals surface area (Å²) in [7, 11) is 1.73. The third kappa shape index (κ3) is 1.72. The van der Waals surface area contributed by atoms with Gasteiger partial charge in [0, 0.05) is 5.41 Å². The van der Waals surface area contributed by atoms with Gasteiger partial charge in [0.05, 0.1) is 20.3 Å². The van der Waals surface area contributed by atoms with Crippen molar-refractivity contribution in [3.8, 4) is 5.75 Å². The lowest BCUT2D eigenvalue weighted by atomic mass is 9.65. The average Bonchev–Trinajstić information content (AvgIpc) is 3.18. The molecule has 0 aromatic heterocycles. The standard InChI is InChI=1S/C16H23NO2/c1-3-12-8-13(4-5-14(12)18-2)16(10-19-11-16)15(9-17)6-7-15/h4-5,8H,3,6-7,9-11,17H2,1-2H3. The zero-order chi connectivity index (χ0) is 13.5. The van der Waals surface area contributed by atoms with Gasteiger partial charge in [0.1, 0.15) is 5.75 Å². The molecule has 19 heavy (non-hydrogen) atoms. The molecule has 0 amide bonds. The van der Waals surface area contributed by atoms with Gasteiger partial charge in [-0.1, -0.05) is 19.1 Å². The van der Waals surface area contributed by atoms with Gasteiger partial charge >= 0.3 is 0 Å². The molecule has 0 bridgehead atoms. The molecule has 1 aliphatic heterocycles. The average molecular weight is 261 g/mol. The molecule has 2 aliphatic rings. The van der Waals surface area contributed by atoms with Gasteiger partial charge < -0.3 is 15.2 Å². The van der Waals surface area contributed by atoms with E-state index in [4.69, 9.17) is 15.2 Å². The molecule has 0 atom stereocenters. The van der Waals surface area contributed by atoms with Crippen molar-refractivity contribution in [2.24, 2.45) is 11.1 Å². The van der Waals surface area contributed by atoms with E-state index in [1.807, 2.05) is 0 Å². The van der Waals surface area contributed by atoms with Gasteiger partial charge in [-0.15, -0.1) is 0 Å². The third-order valence-corrected chi connectivity index (χ3v) is 5.17. The molecule has 1 aromatic rings. The fourth-order valence-electron chi connectivity index (χ4n) is 3.47. The molecule has 3 rings (SSSR count). The van der Waals surface area contributed by atoms with Crippen molar-refractivity contribution >= 4 is 0 Å². The van der Waals surface area contributed by atoms with E-state index in [9.17, 15) is 0 Å². The summed E-state index contributed by atoms with van der Waals surface area (Å²) in [4.78, 5) is 0. The van der Waals surface area contributed by atoms with E-state index >= 15 is 0 Å². The van der Waals surface area contributed by atoms with Crippen LogP contribution in [0, 0.1) is 5.41 Å². The predicted molar refractivity (Wildman–Crippen MR) is 75.6 cm³/mol. The van der Waals surface area contributed by atoms with E-state index in [0.717, 1.165) is 31.9 Å². The number of hydrogen-bond donors (Lipinski definition) is 1. The van der Waals surface area contributed by atoms with Crippen molar-refractivity contribution in [2.75, 3.05) is 26.9 Å². The Balaban J connectivity index is 2.01. The minimum atomic E-state index is 0.151. The Morgan fingerprint density at radius 3 is 2.47 bits per heavy atom. The van der Waals surface area contributed by atoms with E-state index in [2.05, 4.69) is 25.1 Å². The summed E-state index contributed by atoms with van der Waals surface area (Å²) in [5.74, 6) is 0.985. The predicted octanol–water partition coefficient (Wildman–Crippen LogP) is 2.26. The second-order valence-corrected chi connectivity index (χ2v) is 5.94. The molecule has 0 radical (unpaired) electrons. The molecular weight excluding hydrogens is 238 g/mol. The van der Waals surface area contributed by atoms with Crippen LogP contribution in [-0.4, -0.2) is 26.9 Å². The normalized spacial score (nSPS) is 22.7. The van der Waals surface area contributed by atoms with Crippen molar-refractivity contribution in [2.45, 2.75) is 31.6 Å². The number of nitrogens with two attached hydrogens (primary N) is 1. The third-order valence-electron chi connectivity index (χ3n) is 5.17. The zero-order valence-corrected chi connectivity index (χ0v) is 11.9. The van der Waals surface area contributed by atoms with Gasteiger partial charge in [-0.2, -0.15) is 0 Å². The van der Waals surface area contributed by atoms with Crippen molar-refractivity contribution in [1.82, 2.24) is 0 Å². The van der Waals surface area contributed by atoms with Gasteiger partial charge in [0.25, 0.3) is 0 Å². The minimum Gasteiger partial charge on any atom is -0.496 e. The van der Waals surface area contributed by atoms with Crippen LogP contribution < -0.4 is 10.5 Å². The molecule has 3 nitrogen and oxygen atoms in total. The SMILES string of the molecule is CCc1cc(C2(C3(CN)CC3)COC2)ccc1OC. The van der Waals surface area contributed by atoms with Gasteiger partial charge in [-0.05, 0) is 48.4 Å². The summed E-state index contributed by atoms with van der Waals surface area (Å²) in [6, 6.07) is 6.61. The Morgan fingerprint density at radius 2 is 2.05 bits per heavy atom. The summed E-state index contributed by atoms with van der Waals surface area (Å²) in [5.41, 5.74) is 9.15. The second kappa shape index (κ2) is 4.50. The maximum absolute atomic E-state index is 6.05. The molecule has 1 saturated heterocycles. The van der Waals surface area contributed by atoms with E-state index in [0.29, 0.717) is 0 Å². The van der Waals surface area contributed by atoms with Crippen LogP contribution in [-0.2, 0) is 16.6 Å². The maximum Gasteiger partial charge on any atom is 0.122 e. The summed E-state index contributed by atoms with van der Waals surface area (Å²) in [6.45, 7) is 4.57. The molecule has 0 spiro atoms. The highest BCUT2D eigenvalue weighted by atomic mass is 16.5. The van der Waals surface area contributed by atoms with Crippen molar-refractivity contribution in [1.29, 1.82) is 0 Å². The summed E-state index contributed by atoms with van der Waals surface area (Å²) in [5, 5.41) is 0. The number of methoxy groups -OCH3 is 1. The number of benzene rings is 1. The van der Waals surface area contributed by atoms with Crippen LogP contribution in [0.25, 0.3) is 0 Å². The summed E-state index contributed by atoms with van der Waals surface area (Å²) < 4.78 is 11.0. The quantitative estimate of drug-likeness (QED) is 0.884. The Bertz CT molecular complexity index is 476. The molecule has 1 heterocycles. The van der Waals surface area contributed by atoms with Crippen LogP contribution in [0.3, 0.4) is 0 Å². The Labute approximate surface area is 115 Å². The molecule has 1 aliphatic carbocycles. The molecule has 2 fully saturated rings. The smallest absolute Gasteiger partial charge is 0.122 e. The zero-order valence-electron chi connectivity index (χ0n) is 11.9. The van der Waals surface area contributed by atoms with E-state index in [1.54, 1.807) is 7.11 Å². The molecule has 1 saturated carbocycles.